The van der Waals surface area contributed by atoms with Gasteiger partial charge in [0.1, 0.15) is 0 Å². The van der Waals surface area contributed by atoms with E-state index in [1.54, 1.807) is 11.8 Å². The molecule has 0 radical (unpaired) electrons. The summed E-state index contributed by atoms with van der Waals surface area (Å²) in [5.41, 5.74) is 0.939. The van der Waals surface area contributed by atoms with Crippen LogP contribution >= 0.6 is 23.4 Å². The molecule has 1 atom stereocenters. The van der Waals surface area contributed by atoms with Crippen molar-refractivity contribution in [3.05, 3.63) is 28.8 Å². The second-order valence-electron chi connectivity index (χ2n) is 8.32. The Bertz CT molecular complexity index is 624. The van der Waals surface area contributed by atoms with Gasteiger partial charge in [-0.2, -0.15) is 0 Å². The number of benzene rings is 1. The summed E-state index contributed by atoms with van der Waals surface area (Å²) in [6.07, 6.45) is 10.2. The molecule has 0 heterocycles. The predicted molar refractivity (Wildman–Crippen MR) is 101 cm³/mol. The van der Waals surface area contributed by atoms with E-state index in [9.17, 15) is 4.79 Å². The SMILES string of the molecule is CSc1ccc(Cl)c(C(=O)N[C@@H](C)C23CC4CC(CC(C4)C2)C3)c1. The van der Waals surface area contributed by atoms with Gasteiger partial charge in [0.05, 0.1) is 10.6 Å². The minimum absolute atomic E-state index is 0.0147. The van der Waals surface area contributed by atoms with E-state index in [2.05, 4.69) is 12.2 Å². The molecule has 0 aliphatic heterocycles. The summed E-state index contributed by atoms with van der Waals surface area (Å²) in [6, 6.07) is 5.94. The van der Waals surface area contributed by atoms with Crippen LogP contribution in [0.15, 0.2) is 23.1 Å². The van der Waals surface area contributed by atoms with Gasteiger partial charge in [-0.15, -0.1) is 11.8 Å². The fourth-order valence-electron chi connectivity index (χ4n) is 5.94. The van der Waals surface area contributed by atoms with Crippen molar-refractivity contribution in [1.29, 1.82) is 0 Å². The number of rotatable bonds is 4. The second kappa shape index (κ2) is 6.25. The van der Waals surface area contributed by atoms with Gasteiger partial charge in [-0.1, -0.05) is 11.6 Å². The molecule has 1 aromatic carbocycles. The normalized spacial score (nSPS) is 35.0. The minimum atomic E-state index is -0.0147. The number of thioether (sulfide) groups is 1. The van der Waals surface area contributed by atoms with E-state index < -0.39 is 0 Å². The Balaban J connectivity index is 1.52. The Hall–Kier alpha value is -0.670. The quantitative estimate of drug-likeness (QED) is 0.726. The number of carbonyl (C=O) groups excluding carboxylic acids is 1. The maximum absolute atomic E-state index is 12.8. The van der Waals surface area contributed by atoms with Gasteiger partial charge < -0.3 is 5.32 Å². The fourth-order valence-corrected chi connectivity index (χ4v) is 6.58. The first-order chi connectivity index (χ1) is 11.5. The molecule has 130 valence electrons. The van der Waals surface area contributed by atoms with Gasteiger partial charge in [-0.3, -0.25) is 4.79 Å². The topological polar surface area (TPSA) is 29.1 Å². The third-order valence-corrected chi connectivity index (χ3v) is 7.82. The number of hydrogen-bond acceptors (Lipinski definition) is 2. The van der Waals surface area contributed by atoms with Crippen molar-refractivity contribution >= 4 is 29.3 Å². The van der Waals surface area contributed by atoms with Crippen LogP contribution in [0.25, 0.3) is 0 Å². The Morgan fingerprint density at radius 3 is 2.33 bits per heavy atom. The van der Waals surface area contributed by atoms with E-state index in [0.29, 0.717) is 16.0 Å². The molecule has 1 amide bonds. The summed E-state index contributed by atoms with van der Waals surface area (Å²) in [5, 5.41) is 3.86. The van der Waals surface area contributed by atoms with Crippen LogP contribution in [0.4, 0.5) is 0 Å². The highest BCUT2D eigenvalue weighted by molar-refractivity contribution is 7.98. The molecular formula is C20H26ClNOS. The molecule has 1 N–H and O–H groups in total. The molecule has 4 aliphatic carbocycles. The fraction of sp³-hybridized carbons (Fsp3) is 0.650. The van der Waals surface area contributed by atoms with E-state index in [4.69, 9.17) is 11.6 Å². The highest BCUT2D eigenvalue weighted by Gasteiger charge is 2.53. The molecule has 0 unspecified atom stereocenters. The van der Waals surface area contributed by atoms with Crippen molar-refractivity contribution in [3.8, 4) is 0 Å². The van der Waals surface area contributed by atoms with Crippen LogP contribution in [-0.4, -0.2) is 18.2 Å². The number of amides is 1. The molecule has 4 heteroatoms. The smallest absolute Gasteiger partial charge is 0.253 e. The summed E-state index contributed by atoms with van der Waals surface area (Å²) < 4.78 is 0. The summed E-state index contributed by atoms with van der Waals surface area (Å²) in [7, 11) is 0. The van der Waals surface area contributed by atoms with Crippen LogP contribution in [0, 0.1) is 23.2 Å². The third-order valence-electron chi connectivity index (χ3n) is 6.77. The predicted octanol–water partition coefficient (Wildman–Crippen LogP) is 5.40. The number of halogens is 1. The number of hydrogen-bond donors (Lipinski definition) is 1. The molecule has 4 aliphatic rings. The lowest BCUT2D eigenvalue weighted by atomic mass is 9.48. The first-order valence-corrected chi connectivity index (χ1v) is 10.7. The largest absolute Gasteiger partial charge is 0.349 e. The maximum Gasteiger partial charge on any atom is 0.253 e. The van der Waals surface area contributed by atoms with Gasteiger partial charge in [-0.05, 0) is 93.1 Å². The molecule has 5 rings (SSSR count). The lowest BCUT2D eigenvalue weighted by molar-refractivity contribution is -0.0688. The van der Waals surface area contributed by atoms with Gasteiger partial charge >= 0.3 is 0 Å². The van der Waals surface area contributed by atoms with Crippen molar-refractivity contribution in [3.63, 3.8) is 0 Å². The Kier molecular flexibility index (Phi) is 4.37. The van der Waals surface area contributed by atoms with E-state index >= 15 is 0 Å². The summed E-state index contributed by atoms with van der Waals surface area (Å²) in [6.45, 7) is 2.22. The van der Waals surface area contributed by atoms with Crippen molar-refractivity contribution < 1.29 is 4.79 Å². The van der Waals surface area contributed by atoms with Crippen molar-refractivity contribution in [2.24, 2.45) is 23.2 Å². The van der Waals surface area contributed by atoms with E-state index in [1.165, 1.54) is 38.5 Å². The zero-order valence-electron chi connectivity index (χ0n) is 14.5. The van der Waals surface area contributed by atoms with E-state index in [0.717, 1.165) is 22.6 Å². The van der Waals surface area contributed by atoms with Crippen LogP contribution < -0.4 is 5.32 Å². The lowest BCUT2D eigenvalue weighted by Crippen LogP contribution is -2.55. The maximum atomic E-state index is 12.8. The molecule has 0 spiro atoms. The van der Waals surface area contributed by atoms with E-state index in [-0.39, 0.29) is 11.9 Å². The molecule has 4 fully saturated rings. The monoisotopic (exact) mass is 363 g/mol. The molecule has 4 saturated carbocycles. The minimum Gasteiger partial charge on any atom is -0.349 e. The highest BCUT2D eigenvalue weighted by atomic mass is 35.5. The molecule has 1 aromatic rings. The third kappa shape index (κ3) is 2.88. The molecule has 2 nitrogen and oxygen atoms in total. The summed E-state index contributed by atoms with van der Waals surface area (Å²) in [4.78, 5) is 13.9. The van der Waals surface area contributed by atoms with Crippen LogP contribution in [0.5, 0.6) is 0 Å². The van der Waals surface area contributed by atoms with Gasteiger partial charge in [-0.25, -0.2) is 0 Å². The van der Waals surface area contributed by atoms with Crippen molar-refractivity contribution in [2.45, 2.75) is 56.4 Å². The molecular weight excluding hydrogens is 338 g/mol. The zero-order valence-corrected chi connectivity index (χ0v) is 16.1. The van der Waals surface area contributed by atoms with Crippen molar-refractivity contribution in [1.82, 2.24) is 5.32 Å². The van der Waals surface area contributed by atoms with E-state index in [1.807, 2.05) is 24.5 Å². The highest BCUT2D eigenvalue weighted by Crippen LogP contribution is 2.61. The average Bonchev–Trinajstić information content (AvgIpc) is 2.54. The second-order valence-corrected chi connectivity index (χ2v) is 9.61. The van der Waals surface area contributed by atoms with Crippen molar-refractivity contribution in [2.75, 3.05) is 6.26 Å². The van der Waals surface area contributed by atoms with Crippen LogP contribution in [0.3, 0.4) is 0 Å². The lowest BCUT2D eigenvalue weighted by Gasteiger charge is -2.59. The number of nitrogens with one attached hydrogen (secondary N) is 1. The number of carbonyl (C=O) groups is 1. The van der Waals surface area contributed by atoms with Gasteiger partial charge in [0.2, 0.25) is 0 Å². The summed E-state index contributed by atoms with van der Waals surface area (Å²) >= 11 is 7.92. The van der Waals surface area contributed by atoms with Gasteiger partial charge in [0.25, 0.3) is 5.91 Å². The molecule has 4 bridgehead atoms. The Labute approximate surface area is 154 Å². The first-order valence-electron chi connectivity index (χ1n) is 9.13. The van der Waals surface area contributed by atoms with Gasteiger partial charge in [0, 0.05) is 10.9 Å². The average molecular weight is 364 g/mol. The van der Waals surface area contributed by atoms with Crippen LogP contribution in [0.1, 0.15) is 55.8 Å². The Morgan fingerprint density at radius 1 is 1.21 bits per heavy atom. The van der Waals surface area contributed by atoms with Gasteiger partial charge in [0.15, 0.2) is 0 Å². The van der Waals surface area contributed by atoms with Crippen LogP contribution in [0.2, 0.25) is 5.02 Å². The first kappa shape index (κ1) is 16.8. The molecule has 24 heavy (non-hydrogen) atoms. The standard InChI is InChI=1S/C20H26ClNOS/c1-12(20-9-13-5-14(10-20)7-15(6-13)11-20)22-19(23)17-8-16(24-2)3-4-18(17)21/h3-4,8,12-15H,5-7,9-11H2,1-2H3,(H,22,23)/t12-,13?,14?,15?,20?/m0/s1. The van der Waals surface area contributed by atoms with Crippen LogP contribution in [-0.2, 0) is 0 Å². The zero-order chi connectivity index (χ0) is 16.9. The Morgan fingerprint density at radius 2 is 1.79 bits per heavy atom. The molecule has 0 saturated heterocycles. The molecule has 0 aromatic heterocycles. The summed E-state index contributed by atoms with van der Waals surface area (Å²) in [5.74, 6) is 2.69.